The van der Waals surface area contributed by atoms with Gasteiger partial charge in [-0.1, -0.05) is 0 Å². The van der Waals surface area contributed by atoms with E-state index in [-0.39, 0.29) is 16.9 Å². The summed E-state index contributed by atoms with van der Waals surface area (Å²) in [6.07, 6.45) is 0. The lowest BCUT2D eigenvalue weighted by Crippen LogP contribution is -2.80. The summed E-state index contributed by atoms with van der Waals surface area (Å²) in [4.78, 5) is 0. The van der Waals surface area contributed by atoms with Gasteiger partial charge in [-0.2, -0.15) is 0 Å². The lowest BCUT2D eigenvalue weighted by atomic mass is 9.88. The zero-order valence-electron chi connectivity index (χ0n) is 9.12. The Morgan fingerprint density at radius 2 is 1.64 bits per heavy atom. The first-order valence-electron chi connectivity index (χ1n) is 4.91. The molecular weight excluding hydrogens is 196 g/mol. The largest absolute Gasteiger partial charge is 0.342 e. The zero-order valence-corrected chi connectivity index (χ0v) is 9.93. The van der Waals surface area contributed by atoms with E-state index >= 15 is 0 Å². The quantitative estimate of drug-likeness (QED) is 0.423. The molecule has 5 heteroatoms. The highest BCUT2D eigenvalue weighted by Crippen LogP contribution is 2.28. The Labute approximate surface area is 90.2 Å². The molecule has 4 nitrogen and oxygen atoms in total. The van der Waals surface area contributed by atoms with Crippen LogP contribution in [0.4, 0.5) is 0 Å². The molecule has 0 aromatic rings. The molecule has 0 spiro atoms. The summed E-state index contributed by atoms with van der Waals surface area (Å²) in [5.74, 6) is 0. The Morgan fingerprint density at radius 3 is 2.29 bits per heavy atom. The van der Waals surface area contributed by atoms with Gasteiger partial charge in [0.15, 0.2) is 5.11 Å². The van der Waals surface area contributed by atoms with Crippen molar-refractivity contribution >= 4 is 17.3 Å². The van der Waals surface area contributed by atoms with Gasteiger partial charge in [0.05, 0.1) is 0 Å². The van der Waals surface area contributed by atoms with Gasteiger partial charge < -0.3 is 10.6 Å². The van der Waals surface area contributed by atoms with Crippen molar-refractivity contribution in [2.24, 2.45) is 0 Å². The Hall–Kier alpha value is -0.390. The summed E-state index contributed by atoms with van der Waals surface area (Å²) in [5, 5.41) is 14.3. The molecule has 0 aromatic carbocycles. The molecule has 2 aliphatic heterocycles. The van der Waals surface area contributed by atoms with Crippen molar-refractivity contribution in [2.45, 2.75) is 44.6 Å². The van der Waals surface area contributed by atoms with Crippen LogP contribution in [0.2, 0.25) is 0 Å². The van der Waals surface area contributed by atoms with Gasteiger partial charge in [-0.05, 0) is 39.9 Å². The third kappa shape index (κ3) is 1.31. The van der Waals surface area contributed by atoms with Crippen LogP contribution in [0.5, 0.6) is 0 Å². The second-order valence-electron chi connectivity index (χ2n) is 5.19. The lowest BCUT2D eigenvalue weighted by molar-refractivity contribution is 0.0655. The summed E-state index contributed by atoms with van der Waals surface area (Å²) >= 11 is 5.15. The maximum Gasteiger partial charge on any atom is 0.169 e. The first kappa shape index (κ1) is 10.1. The molecule has 0 unspecified atom stereocenters. The van der Waals surface area contributed by atoms with Crippen LogP contribution in [0.1, 0.15) is 27.7 Å². The molecule has 0 aromatic heterocycles. The number of nitrogens with one attached hydrogen (secondary N) is 4. The van der Waals surface area contributed by atoms with E-state index in [2.05, 4.69) is 49.0 Å². The number of piperazine rings is 1. The molecular formula is C9H18N4S. The summed E-state index contributed by atoms with van der Waals surface area (Å²) in [6.45, 7) is 9.49. The van der Waals surface area contributed by atoms with Crippen LogP contribution < -0.4 is 21.3 Å². The van der Waals surface area contributed by atoms with Gasteiger partial charge in [-0.15, -0.1) is 0 Å². The lowest BCUT2D eigenvalue weighted by Gasteiger charge is -2.51. The summed E-state index contributed by atoms with van der Waals surface area (Å²) < 4.78 is 0. The number of thiocarbonyl (C=S) groups is 1. The van der Waals surface area contributed by atoms with Crippen LogP contribution in [-0.2, 0) is 0 Å². The maximum absolute atomic E-state index is 5.15. The first-order chi connectivity index (χ1) is 6.27. The average molecular weight is 214 g/mol. The second-order valence-corrected chi connectivity index (χ2v) is 5.60. The van der Waals surface area contributed by atoms with Crippen LogP contribution in [-0.4, -0.2) is 28.5 Å². The fraction of sp³-hybridized carbons (Fsp3) is 0.889. The standard InChI is InChI=1S/C9H18N4S/c1-7(2)5-10-8(3)9(4,13-7)12-6(14)11-8/h10,13H,5H2,1-4H3,(H2,11,12,14)/t8-,9-/m1/s1. The number of hydrogen-bond donors (Lipinski definition) is 4. The van der Waals surface area contributed by atoms with Crippen molar-refractivity contribution in [2.75, 3.05) is 6.54 Å². The van der Waals surface area contributed by atoms with E-state index in [0.717, 1.165) is 6.54 Å². The SMILES string of the molecule is CC1(C)CN[C@]2(C)NC(=S)N[C@]2(C)N1. The molecule has 2 aliphatic rings. The fourth-order valence-electron chi connectivity index (χ4n) is 2.23. The van der Waals surface area contributed by atoms with Gasteiger partial charge in [0.1, 0.15) is 11.3 Å². The van der Waals surface area contributed by atoms with Crippen LogP contribution in [0.15, 0.2) is 0 Å². The molecule has 2 atom stereocenters. The van der Waals surface area contributed by atoms with E-state index in [0.29, 0.717) is 5.11 Å². The number of hydrogen-bond acceptors (Lipinski definition) is 3. The molecule has 2 rings (SSSR count). The van der Waals surface area contributed by atoms with Crippen molar-refractivity contribution in [3.63, 3.8) is 0 Å². The minimum Gasteiger partial charge on any atom is -0.342 e. The molecule has 0 saturated carbocycles. The Morgan fingerprint density at radius 1 is 1.07 bits per heavy atom. The molecule has 14 heavy (non-hydrogen) atoms. The minimum atomic E-state index is -0.230. The Bertz CT molecular complexity index is 291. The van der Waals surface area contributed by atoms with Crippen molar-refractivity contribution < 1.29 is 0 Å². The van der Waals surface area contributed by atoms with Crippen molar-refractivity contribution in [3.05, 3.63) is 0 Å². The number of rotatable bonds is 0. The van der Waals surface area contributed by atoms with Gasteiger partial charge in [0.2, 0.25) is 0 Å². The summed E-state index contributed by atoms with van der Waals surface area (Å²) in [7, 11) is 0. The van der Waals surface area contributed by atoms with Crippen LogP contribution >= 0.6 is 12.2 Å². The molecule has 2 fully saturated rings. The third-order valence-corrected chi connectivity index (χ3v) is 3.40. The van der Waals surface area contributed by atoms with E-state index in [4.69, 9.17) is 12.2 Å². The molecule has 0 radical (unpaired) electrons. The first-order valence-corrected chi connectivity index (χ1v) is 5.32. The van der Waals surface area contributed by atoms with Crippen LogP contribution in [0, 0.1) is 0 Å². The molecule has 2 heterocycles. The van der Waals surface area contributed by atoms with Gasteiger partial charge in [-0.25, -0.2) is 0 Å². The molecule has 2 saturated heterocycles. The van der Waals surface area contributed by atoms with Crippen molar-refractivity contribution in [3.8, 4) is 0 Å². The summed E-state index contributed by atoms with van der Waals surface area (Å²) in [6, 6.07) is 0. The van der Waals surface area contributed by atoms with E-state index in [1.807, 2.05) is 0 Å². The van der Waals surface area contributed by atoms with E-state index in [9.17, 15) is 0 Å². The normalized spacial score (nSPS) is 45.3. The number of fused-ring (bicyclic) bond motifs is 1. The second kappa shape index (κ2) is 2.59. The van der Waals surface area contributed by atoms with Gasteiger partial charge in [-0.3, -0.25) is 10.6 Å². The fourth-order valence-corrected chi connectivity index (χ4v) is 2.64. The third-order valence-electron chi connectivity index (χ3n) is 3.20. The minimum absolute atomic E-state index is 0.0723. The molecule has 0 bridgehead atoms. The average Bonchev–Trinajstić information content (AvgIpc) is 2.18. The van der Waals surface area contributed by atoms with E-state index in [1.165, 1.54) is 0 Å². The molecule has 4 N–H and O–H groups in total. The predicted octanol–water partition coefficient (Wildman–Crippen LogP) is -0.132. The van der Waals surface area contributed by atoms with Gasteiger partial charge >= 0.3 is 0 Å². The monoisotopic (exact) mass is 214 g/mol. The maximum atomic E-state index is 5.15. The molecule has 0 amide bonds. The van der Waals surface area contributed by atoms with Gasteiger partial charge in [0, 0.05) is 12.1 Å². The highest BCUT2D eigenvalue weighted by molar-refractivity contribution is 7.80. The predicted molar refractivity (Wildman–Crippen MR) is 60.9 cm³/mol. The van der Waals surface area contributed by atoms with Crippen LogP contribution in [0.3, 0.4) is 0 Å². The zero-order chi connectivity index (χ0) is 10.6. The topological polar surface area (TPSA) is 48.1 Å². The van der Waals surface area contributed by atoms with Gasteiger partial charge in [0.25, 0.3) is 0 Å². The Balaban J connectivity index is 2.31. The van der Waals surface area contributed by atoms with Crippen LogP contribution in [0.25, 0.3) is 0 Å². The van der Waals surface area contributed by atoms with Crippen molar-refractivity contribution in [1.29, 1.82) is 0 Å². The van der Waals surface area contributed by atoms with E-state index in [1.54, 1.807) is 0 Å². The smallest absolute Gasteiger partial charge is 0.169 e. The Kier molecular flexibility index (Phi) is 1.88. The summed E-state index contributed by atoms with van der Waals surface area (Å²) in [5.41, 5.74) is -0.367. The van der Waals surface area contributed by atoms with E-state index < -0.39 is 0 Å². The van der Waals surface area contributed by atoms with Crippen molar-refractivity contribution in [1.82, 2.24) is 21.3 Å². The molecule has 80 valence electrons. The molecule has 0 aliphatic carbocycles. The highest BCUT2D eigenvalue weighted by atomic mass is 32.1. The highest BCUT2D eigenvalue weighted by Gasteiger charge is 2.55.